The van der Waals surface area contributed by atoms with E-state index in [0.29, 0.717) is 17.0 Å². The van der Waals surface area contributed by atoms with Crippen molar-refractivity contribution in [1.82, 2.24) is 21.3 Å². The molecule has 3 rings (SSSR count). The highest BCUT2D eigenvalue weighted by Gasteiger charge is 2.27. The van der Waals surface area contributed by atoms with Gasteiger partial charge >= 0.3 is 6.03 Å². The number of carbonyl (C=O) groups is 1. The maximum Gasteiger partial charge on any atom is 0.360 e. The summed E-state index contributed by atoms with van der Waals surface area (Å²) >= 11 is 0. The lowest BCUT2D eigenvalue weighted by Gasteiger charge is -2.18. The van der Waals surface area contributed by atoms with E-state index in [2.05, 4.69) is 16.3 Å². The lowest BCUT2D eigenvalue weighted by molar-refractivity contribution is -0.377. The van der Waals surface area contributed by atoms with Crippen molar-refractivity contribution in [2.24, 2.45) is 0 Å². The number of hydrogen-bond acceptors (Lipinski definition) is 7. The zero-order chi connectivity index (χ0) is 18.7. The Morgan fingerprint density at radius 1 is 0.846 bits per heavy atom. The average Bonchev–Trinajstić information content (AvgIpc) is 3.01. The smallest absolute Gasteiger partial charge is 0.360 e. The molecular formula is C15H12N6O5-2. The highest BCUT2D eigenvalue weighted by Crippen LogP contribution is 2.16. The number of nitrogens with one attached hydrogen (secondary N) is 3. The average molecular weight is 356 g/mol. The minimum atomic E-state index is -0.516. The summed E-state index contributed by atoms with van der Waals surface area (Å²) in [5, 5.41) is 43.9. The van der Waals surface area contributed by atoms with Gasteiger partial charge in [0.05, 0.1) is 0 Å². The second-order valence-electron chi connectivity index (χ2n) is 5.17. The number of carbonyl (C=O) groups excluding carboxylic acids is 1. The van der Waals surface area contributed by atoms with Crippen LogP contribution in [0.4, 0.5) is 4.79 Å². The van der Waals surface area contributed by atoms with Gasteiger partial charge in [-0.25, -0.2) is 10.2 Å². The molecule has 0 aromatic rings. The molecule has 0 atom stereocenters. The van der Waals surface area contributed by atoms with E-state index in [1.54, 1.807) is 0 Å². The Labute approximate surface area is 146 Å². The van der Waals surface area contributed by atoms with Crippen molar-refractivity contribution in [3.8, 4) is 0 Å². The number of rotatable bonds is 2. The molecule has 0 aromatic heterocycles. The molecule has 0 unspecified atom stereocenters. The summed E-state index contributed by atoms with van der Waals surface area (Å²) in [6.07, 6.45) is 12.9. The van der Waals surface area contributed by atoms with Gasteiger partial charge in [0.1, 0.15) is 0 Å². The monoisotopic (exact) mass is 356 g/mol. The van der Waals surface area contributed by atoms with Crippen molar-refractivity contribution in [1.29, 1.82) is 0 Å². The Morgan fingerprint density at radius 2 is 1.38 bits per heavy atom. The molecule has 0 spiro atoms. The van der Waals surface area contributed by atoms with Gasteiger partial charge in [-0.2, -0.15) is 14.8 Å². The molecule has 11 nitrogen and oxygen atoms in total. The van der Waals surface area contributed by atoms with Gasteiger partial charge in [0.2, 0.25) is 11.4 Å². The first-order valence-corrected chi connectivity index (χ1v) is 7.27. The third kappa shape index (κ3) is 3.36. The highest BCUT2D eigenvalue weighted by atomic mass is 16.8. The topological polar surface area (TPSA) is 155 Å². The van der Waals surface area contributed by atoms with E-state index in [1.165, 1.54) is 59.8 Å². The summed E-state index contributed by atoms with van der Waals surface area (Å²) in [6.45, 7) is 0. The third-order valence-corrected chi connectivity index (χ3v) is 3.53. The first kappa shape index (κ1) is 16.7. The van der Waals surface area contributed by atoms with Gasteiger partial charge in [0, 0.05) is 36.1 Å². The van der Waals surface area contributed by atoms with Crippen molar-refractivity contribution >= 4 is 17.5 Å². The van der Waals surface area contributed by atoms with Crippen LogP contribution in [0.5, 0.6) is 0 Å². The molecule has 1 heterocycles. The molecule has 0 radical (unpaired) electrons. The number of nitrogens with zero attached hydrogens (tertiary/aromatic N) is 3. The predicted octanol–water partition coefficient (Wildman–Crippen LogP) is 0.267. The van der Waals surface area contributed by atoms with Gasteiger partial charge < -0.3 is 20.8 Å². The summed E-state index contributed by atoms with van der Waals surface area (Å²) in [7, 11) is 0. The summed E-state index contributed by atoms with van der Waals surface area (Å²) < 4.78 is 0. The molecule has 0 bridgehead atoms. The maximum absolute atomic E-state index is 11.9. The largest absolute Gasteiger partial charge is 0.612 e. The summed E-state index contributed by atoms with van der Waals surface area (Å²) in [5.41, 5.74) is 8.91. The Balaban J connectivity index is 1.79. The second kappa shape index (κ2) is 6.76. The molecular weight excluding hydrogens is 344 g/mol. The Morgan fingerprint density at radius 3 is 1.92 bits per heavy atom. The van der Waals surface area contributed by atoms with Crippen LogP contribution in [0, 0.1) is 20.8 Å². The van der Waals surface area contributed by atoms with E-state index >= 15 is 0 Å². The van der Waals surface area contributed by atoms with E-state index in [4.69, 9.17) is 0 Å². The summed E-state index contributed by atoms with van der Waals surface area (Å²) in [6, 6.07) is -0.489. The maximum atomic E-state index is 11.9. The number of urea groups is 1. The van der Waals surface area contributed by atoms with Crippen LogP contribution >= 0.6 is 0 Å². The SMILES string of the molecule is O=C1NNC(=C2C=CC(=[N+]([O-])[O-])C=C2)N1NC=C1C=CC(=[N+]([O-])[O-])C=C1. The summed E-state index contributed by atoms with van der Waals surface area (Å²) in [4.78, 5) is 10.9. The van der Waals surface area contributed by atoms with Crippen molar-refractivity contribution in [2.45, 2.75) is 0 Å². The molecule has 26 heavy (non-hydrogen) atoms. The van der Waals surface area contributed by atoms with Crippen molar-refractivity contribution < 1.29 is 14.6 Å². The van der Waals surface area contributed by atoms with Crippen LogP contribution in [0.15, 0.2) is 71.8 Å². The Kier molecular flexibility index (Phi) is 4.34. The zero-order valence-electron chi connectivity index (χ0n) is 13.1. The number of hydrazine groups is 2. The fourth-order valence-electron chi connectivity index (χ4n) is 2.22. The van der Waals surface area contributed by atoms with Gasteiger partial charge in [0.15, 0.2) is 5.82 Å². The quantitative estimate of drug-likeness (QED) is 0.473. The number of amides is 2. The minimum absolute atomic E-state index is 0.0409. The first-order valence-electron chi connectivity index (χ1n) is 7.27. The van der Waals surface area contributed by atoms with E-state index in [9.17, 15) is 25.6 Å². The first-order chi connectivity index (χ1) is 12.5. The van der Waals surface area contributed by atoms with Crippen LogP contribution in [-0.4, -0.2) is 32.3 Å². The lowest BCUT2D eigenvalue weighted by Crippen LogP contribution is -2.37. The van der Waals surface area contributed by atoms with Crippen LogP contribution in [-0.2, 0) is 0 Å². The van der Waals surface area contributed by atoms with Gasteiger partial charge in [-0.1, -0.05) is 0 Å². The second-order valence-corrected chi connectivity index (χ2v) is 5.17. The lowest BCUT2D eigenvalue weighted by atomic mass is 10.1. The van der Waals surface area contributed by atoms with Crippen LogP contribution < -0.4 is 16.3 Å². The molecule has 3 N–H and O–H groups in total. The molecule has 3 aliphatic rings. The fraction of sp³-hybridized carbons (Fsp3) is 0. The van der Waals surface area contributed by atoms with Gasteiger partial charge in [-0.15, -0.1) is 0 Å². The van der Waals surface area contributed by atoms with Gasteiger partial charge in [-0.3, -0.25) is 10.9 Å². The minimum Gasteiger partial charge on any atom is -0.612 e. The molecule has 0 saturated carbocycles. The molecule has 1 fully saturated rings. The number of allylic oxidation sites excluding steroid dienone is 10. The summed E-state index contributed by atoms with van der Waals surface area (Å²) in [5.74, 6) is 0.350. The van der Waals surface area contributed by atoms with Crippen molar-refractivity contribution in [3.63, 3.8) is 0 Å². The molecule has 0 aromatic carbocycles. The number of hydrogen-bond donors (Lipinski definition) is 3. The highest BCUT2D eigenvalue weighted by molar-refractivity contribution is 6.03. The molecule has 2 aliphatic carbocycles. The van der Waals surface area contributed by atoms with Crippen LogP contribution in [0.2, 0.25) is 0 Å². The normalized spacial score (nSPS) is 18.2. The van der Waals surface area contributed by atoms with E-state index in [0.717, 1.165) is 0 Å². The van der Waals surface area contributed by atoms with Crippen molar-refractivity contribution in [3.05, 3.63) is 92.6 Å². The molecule has 1 saturated heterocycles. The standard InChI is InChI=1S/C15H12N6O5/c22-15-18-17-14(11-3-7-13(8-4-11)21(25)26)19(15)16-9-10-1-5-12(6-2-10)20(23)24/h1-9,16-17H,(H-2,18,22,23,24,25,26)/q-2. The van der Waals surface area contributed by atoms with Gasteiger partial charge in [0.25, 0.3) is 0 Å². The fourth-order valence-corrected chi connectivity index (χ4v) is 2.22. The van der Waals surface area contributed by atoms with Crippen molar-refractivity contribution in [2.75, 3.05) is 0 Å². The zero-order valence-corrected chi connectivity index (χ0v) is 13.1. The van der Waals surface area contributed by atoms with E-state index < -0.39 is 15.8 Å². The molecule has 11 heteroatoms. The van der Waals surface area contributed by atoms with E-state index in [-0.39, 0.29) is 11.4 Å². The van der Waals surface area contributed by atoms with Crippen LogP contribution in [0.25, 0.3) is 0 Å². The molecule has 1 aliphatic heterocycles. The Hall–Kier alpha value is -4.15. The predicted molar refractivity (Wildman–Crippen MR) is 92.3 cm³/mol. The van der Waals surface area contributed by atoms with Gasteiger partial charge in [-0.05, 0) is 29.9 Å². The molecule has 134 valence electrons. The van der Waals surface area contributed by atoms with E-state index in [1.807, 2.05) is 0 Å². The van der Waals surface area contributed by atoms with Crippen LogP contribution in [0.3, 0.4) is 0 Å². The Bertz CT molecular complexity index is 846. The molecule has 2 amide bonds. The third-order valence-electron chi connectivity index (χ3n) is 3.53. The van der Waals surface area contributed by atoms with Crippen LogP contribution in [0.1, 0.15) is 0 Å².